The van der Waals surface area contributed by atoms with Crippen molar-refractivity contribution in [2.75, 3.05) is 12.5 Å². The standard InChI is InChI=1S/C20H15F4S3.C18H9F6S.2CHF3O3S.CH3.Na.H2S/c1-25-19-15(21)8-13(9-16(19)22)27(12-6-4-3-5-7-12)14-10-17(23)20(26-2)18(24)11-14;19-13-6-11(7-14(20)17(13)23)25(10-4-2-1-3-5-10)12-8-15(21)18(24)16(22)9-12;2*2-1(3,4)8(5,6)7;;;/h3-11H,1-2H3;1-9H;2*(H,5,6,7);1H3;;1H2/q2*+1;;;-1;+1;/p-1. The van der Waals surface area contributed by atoms with E-state index >= 15 is 0 Å². The van der Waals surface area contributed by atoms with E-state index in [1.54, 1.807) is 73.2 Å². The Labute approximate surface area is 439 Å². The second-order valence-electron chi connectivity index (χ2n) is 12.3. The Bertz CT molecular complexity index is 2690. The van der Waals surface area contributed by atoms with Gasteiger partial charge in [0.2, 0.25) is 0 Å². The van der Waals surface area contributed by atoms with Gasteiger partial charge >= 0.3 is 40.6 Å². The van der Waals surface area contributed by atoms with Crippen LogP contribution in [-0.2, 0) is 55.5 Å². The summed E-state index contributed by atoms with van der Waals surface area (Å²) >= 11 is 1.95. The average Bonchev–Trinajstić information content (AvgIpc) is 3.22. The van der Waals surface area contributed by atoms with Crippen molar-refractivity contribution >= 4 is 79.0 Å². The molecular weight excluding hydrogens is 1140 g/mol. The van der Waals surface area contributed by atoms with Gasteiger partial charge in [-0.15, -0.1) is 23.5 Å². The maximum atomic E-state index is 14.4. The minimum Gasteiger partial charge on any atom is -0.741 e. The Morgan fingerprint density at radius 3 is 0.761 bits per heavy atom. The normalized spacial score (nSPS) is 11.4. The van der Waals surface area contributed by atoms with Crippen LogP contribution in [0.15, 0.2) is 148 Å². The van der Waals surface area contributed by atoms with Crippen molar-refractivity contribution < 1.29 is 126 Å². The minimum atomic E-state index is -6.09. The Hall–Kier alpha value is -3.23. The number of halogens is 16. The summed E-state index contributed by atoms with van der Waals surface area (Å²) in [4.78, 5) is 1.61. The first kappa shape index (κ1) is 67.8. The van der Waals surface area contributed by atoms with Gasteiger partial charge in [-0.1, -0.05) is 49.9 Å². The van der Waals surface area contributed by atoms with E-state index in [-0.39, 0.29) is 70.1 Å². The van der Waals surface area contributed by atoms with E-state index in [1.165, 1.54) is 24.3 Å². The van der Waals surface area contributed by atoms with Gasteiger partial charge in [0.05, 0.1) is 31.6 Å². The summed E-state index contributed by atoms with van der Waals surface area (Å²) in [5.74, 6) is -11.7. The molecule has 0 bridgehead atoms. The molecule has 6 rings (SSSR count). The second-order valence-corrected chi connectivity index (χ2v) is 20.7. The largest absolute Gasteiger partial charge is 1.00 e. The SMILES string of the molecule is CSc1c(F)cc([S+](c2ccccc2)c2cc(F)c(SC)c(F)c2)cc1F.Fc1cc([S+](c2ccccc2)c2cc(F)c(F)c(F)c2)cc(F)c1F.O=S(=O)([O-])C(F)(F)F.O=S(=O)([O-])C(F)(F)F.[CH3-].[Na+].[SH3+]. The maximum Gasteiger partial charge on any atom is 1.00 e. The van der Waals surface area contributed by atoms with Crippen molar-refractivity contribution in [2.24, 2.45) is 0 Å². The number of hydrogen-bond donors (Lipinski definition) is 0. The number of rotatable bonds is 8. The van der Waals surface area contributed by atoms with Crippen LogP contribution in [0.1, 0.15) is 0 Å². The molecule has 0 spiro atoms. The zero-order valence-corrected chi connectivity index (χ0v) is 44.0. The van der Waals surface area contributed by atoms with Gasteiger partial charge in [0, 0.05) is 48.5 Å². The topological polar surface area (TPSA) is 114 Å². The van der Waals surface area contributed by atoms with E-state index in [9.17, 15) is 70.2 Å². The van der Waals surface area contributed by atoms with Gasteiger partial charge < -0.3 is 16.5 Å². The van der Waals surface area contributed by atoms with Gasteiger partial charge in [-0.05, 0) is 36.8 Å². The van der Waals surface area contributed by atoms with Crippen molar-refractivity contribution in [2.45, 2.75) is 50.2 Å². The van der Waals surface area contributed by atoms with Crippen molar-refractivity contribution in [1.29, 1.82) is 0 Å². The Kier molecular flexibility index (Phi) is 27.1. The smallest absolute Gasteiger partial charge is 0.741 e. The van der Waals surface area contributed by atoms with Crippen LogP contribution < -0.4 is 29.6 Å². The first-order valence-corrected chi connectivity index (χ1v) is 25.0. The monoisotopic (exact) mass is 1170 g/mol. The van der Waals surface area contributed by atoms with Crippen LogP contribution >= 0.6 is 23.5 Å². The Morgan fingerprint density at radius 1 is 0.408 bits per heavy atom. The average molecular weight is 1170 g/mol. The summed E-state index contributed by atoms with van der Waals surface area (Å²) < 4.78 is 256. The van der Waals surface area contributed by atoms with Crippen molar-refractivity contribution in [3.8, 4) is 0 Å². The van der Waals surface area contributed by atoms with Gasteiger partial charge in [-0.3, -0.25) is 0 Å². The molecule has 6 nitrogen and oxygen atoms in total. The van der Waals surface area contributed by atoms with Gasteiger partial charge in [-0.25, -0.2) is 60.7 Å². The molecule has 0 unspecified atom stereocenters. The van der Waals surface area contributed by atoms with Crippen LogP contribution in [0.25, 0.3) is 0 Å². The molecule has 0 aromatic heterocycles. The predicted octanol–water partition coefficient (Wildman–Crippen LogP) is 9.15. The van der Waals surface area contributed by atoms with Gasteiger partial charge in [-0.2, -0.15) is 26.3 Å². The van der Waals surface area contributed by atoms with Crippen LogP contribution in [0.3, 0.4) is 0 Å². The molecule has 384 valence electrons. The molecule has 0 saturated carbocycles. The number of hydrogen-bond acceptors (Lipinski definition) is 8. The molecule has 0 aliphatic carbocycles. The zero-order valence-electron chi connectivity index (χ0n) is 35.9. The van der Waals surface area contributed by atoms with Crippen molar-refractivity contribution in [3.63, 3.8) is 0 Å². The quantitative estimate of drug-likeness (QED) is 0.0217. The van der Waals surface area contributed by atoms with Crippen LogP contribution in [0.4, 0.5) is 70.2 Å². The van der Waals surface area contributed by atoms with Crippen LogP contribution in [0, 0.1) is 65.6 Å². The van der Waals surface area contributed by atoms with Crippen molar-refractivity contribution in [3.05, 3.63) is 175 Å². The van der Waals surface area contributed by atoms with E-state index in [4.69, 9.17) is 25.9 Å². The zero-order chi connectivity index (χ0) is 51.7. The Balaban J connectivity index is 0.00000103. The first-order chi connectivity index (χ1) is 31.3. The summed E-state index contributed by atoms with van der Waals surface area (Å²) in [7, 11) is -14.6. The molecule has 0 saturated heterocycles. The summed E-state index contributed by atoms with van der Waals surface area (Å²) in [6.45, 7) is 0. The van der Waals surface area contributed by atoms with Gasteiger partial charge in [0.25, 0.3) is 0 Å². The molecule has 0 heterocycles. The fraction of sp³-hybridized carbons (Fsp3) is 0.0976. The van der Waals surface area contributed by atoms with E-state index < -0.39 is 111 Å². The van der Waals surface area contributed by atoms with Crippen LogP contribution in [-0.4, -0.2) is 49.5 Å². The van der Waals surface area contributed by atoms with Crippen molar-refractivity contribution in [1.82, 2.24) is 0 Å². The third-order valence-electron chi connectivity index (χ3n) is 7.73. The molecule has 71 heavy (non-hydrogen) atoms. The molecule has 0 atom stereocenters. The molecule has 0 radical (unpaired) electrons. The first-order valence-electron chi connectivity index (χ1n) is 17.3. The third-order valence-corrected chi connectivity index (χ3v) is 14.8. The summed E-state index contributed by atoms with van der Waals surface area (Å²) in [6, 6.07) is 25.0. The summed E-state index contributed by atoms with van der Waals surface area (Å²) in [6.07, 6.45) is 3.17. The minimum absolute atomic E-state index is 0. The summed E-state index contributed by atoms with van der Waals surface area (Å²) in [5, 5.41) is 0. The molecular formula is C41H30F16NaO6S7+. The fourth-order valence-electron chi connectivity index (χ4n) is 4.93. The molecule has 30 heteroatoms. The van der Waals surface area contributed by atoms with Crippen LogP contribution in [0.5, 0.6) is 0 Å². The maximum absolute atomic E-state index is 14.4. The van der Waals surface area contributed by atoms with Gasteiger partial charge in [0.1, 0.15) is 23.3 Å². The van der Waals surface area contributed by atoms with E-state index in [2.05, 4.69) is 0 Å². The number of thioether (sulfide) groups is 2. The van der Waals surface area contributed by atoms with E-state index in [0.29, 0.717) is 19.6 Å². The molecule has 6 aromatic rings. The molecule has 0 aliphatic rings. The van der Waals surface area contributed by atoms with Gasteiger partial charge in [0.15, 0.2) is 84.5 Å². The summed E-state index contributed by atoms with van der Waals surface area (Å²) in [5.41, 5.74) is -11.3. The molecule has 0 fully saturated rings. The Morgan fingerprint density at radius 2 is 0.592 bits per heavy atom. The van der Waals surface area contributed by atoms with E-state index in [0.717, 1.165) is 47.8 Å². The second kappa shape index (κ2) is 28.4. The third kappa shape index (κ3) is 18.6. The molecule has 6 aromatic carbocycles. The number of benzene rings is 6. The molecule has 0 aliphatic heterocycles. The van der Waals surface area contributed by atoms with Crippen LogP contribution in [0.2, 0.25) is 0 Å². The van der Waals surface area contributed by atoms with E-state index in [1.807, 2.05) is 0 Å². The molecule has 0 N–H and O–H groups in total. The molecule has 0 amide bonds. The fourth-order valence-corrected chi connectivity index (χ4v) is 10.2. The number of alkyl halides is 6. The predicted molar refractivity (Wildman–Crippen MR) is 236 cm³/mol.